The molecule has 8 heteroatoms. The van der Waals surface area contributed by atoms with Gasteiger partial charge in [0.2, 0.25) is 0 Å². The molecule has 0 amide bonds. The number of hydrogen-bond acceptors (Lipinski definition) is 6. The fourth-order valence-electron chi connectivity index (χ4n) is 13.0. The minimum atomic E-state index is -0.166. The highest BCUT2D eigenvalue weighted by Gasteiger charge is 2.27. The molecule has 2 N–H and O–H groups in total. The molecule has 2 aliphatic heterocycles. The topological polar surface area (TPSA) is 107 Å². The molecule has 0 spiro atoms. The number of benzene rings is 13. The molecule has 2 aromatic heterocycles. The lowest BCUT2D eigenvalue weighted by molar-refractivity contribution is 0.556. The molecular weight excluding hydrogens is 977 g/mol. The third-order valence-electron chi connectivity index (χ3n) is 16.8. The molecule has 0 bridgehead atoms. The minimum Gasteiger partial charge on any atom is -0.337 e. The summed E-state index contributed by atoms with van der Waals surface area (Å²) in [6.07, 6.45) is 8.68. The monoisotopic (exact) mass is 1020 g/mol. The Balaban J connectivity index is 0.000000128. The van der Waals surface area contributed by atoms with Gasteiger partial charge >= 0.3 is 0 Å². The Hall–Kier alpha value is -10.4. The Morgan fingerprint density at radius 3 is 0.750 bits per heavy atom. The quantitative estimate of drug-likeness (QED) is 0.135. The lowest BCUT2D eigenvalue weighted by Gasteiger charge is -2.20. The summed E-state index contributed by atoms with van der Waals surface area (Å²) in [4.78, 5) is 38.1. The van der Waals surface area contributed by atoms with Crippen molar-refractivity contribution in [1.82, 2.24) is 19.9 Å². The van der Waals surface area contributed by atoms with Crippen LogP contribution in [0.2, 0.25) is 0 Å². The van der Waals surface area contributed by atoms with Crippen LogP contribution in [0, 0.1) is 11.8 Å². The van der Waals surface area contributed by atoms with Gasteiger partial charge in [0.1, 0.15) is 11.6 Å². The molecule has 374 valence electrons. The predicted molar refractivity (Wildman–Crippen MR) is 327 cm³/mol. The van der Waals surface area contributed by atoms with Crippen LogP contribution in [-0.2, 0) is 0 Å². The summed E-state index contributed by atoms with van der Waals surface area (Å²) in [6, 6.07) is 76.8. The van der Waals surface area contributed by atoms with E-state index in [4.69, 9.17) is 29.9 Å². The van der Waals surface area contributed by atoms with Crippen molar-refractivity contribution < 1.29 is 0 Å². The van der Waals surface area contributed by atoms with Crippen molar-refractivity contribution in [3.8, 4) is 22.8 Å². The first kappa shape index (κ1) is 44.7. The summed E-state index contributed by atoms with van der Waals surface area (Å²) in [5, 5.41) is 23.3. The second-order valence-corrected chi connectivity index (χ2v) is 21.2. The largest absolute Gasteiger partial charge is 0.337 e. The number of H-pyrrole nitrogens is 2. The van der Waals surface area contributed by atoms with Crippen LogP contribution in [0.1, 0.15) is 0 Å². The lowest BCUT2D eigenvalue weighted by Crippen LogP contribution is -2.23. The van der Waals surface area contributed by atoms with Crippen LogP contribution in [0.15, 0.2) is 263 Å². The zero-order valence-corrected chi connectivity index (χ0v) is 43.1. The molecule has 0 fully saturated rings. The van der Waals surface area contributed by atoms with Crippen molar-refractivity contribution in [2.45, 2.75) is 12.3 Å². The normalized spacial score (nSPS) is 15.9. The molecule has 0 saturated heterocycles. The van der Waals surface area contributed by atoms with Crippen LogP contribution in [0.4, 0.5) is 0 Å². The van der Waals surface area contributed by atoms with E-state index in [1.165, 1.54) is 75.4 Å². The molecular formula is C72H46N8. The van der Waals surface area contributed by atoms with Crippen LogP contribution >= 0.6 is 0 Å². The second-order valence-electron chi connectivity index (χ2n) is 21.2. The SMILES string of the molecule is C1=CC(C2N=c3c(c4ccccc4c4ccccc34)=N2)C=CC1C1N=c2c(c3ccccc3c3ccccc23)=N1.c1ccc2c(c1)c1ccccc1c1[nH]c(-c3ccc(-c4nc5c6ccccc6c6ccccc6c5[nH]4)cc3)nc21. The van der Waals surface area contributed by atoms with E-state index in [9.17, 15) is 0 Å². The first-order valence-corrected chi connectivity index (χ1v) is 27.4. The van der Waals surface area contributed by atoms with E-state index >= 15 is 0 Å². The fraction of sp³-hybridized carbons (Fsp3) is 0.0556. The van der Waals surface area contributed by atoms with Crippen LogP contribution in [0.25, 0.3) is 131 Å². The first-order chi connectivity index (χ1) is 39.7. The van der Waals surface area contributed by atoms with Gasteiger partial charge in [-0.2, -0.15) is 0 Å². The Labute approximate surface area is 456 Å². The average Bonchev–Trinajstić information content (AvgIpc) is 4.42. The molecule has 8 nitrogen and oxygen atoms in total. The third kappa shape index (κ3) is 6.82. The Morgan fingerprint density at radius 1 is 0.237 bits per heavy atom. The third-order valence-corrected chi connectivity index (χ3v) is 16.8. The van der Waals surface area contributed by atoms with Gasteiger partial charge in [-0.3, -0.25) is 20.0 Å². The highest BCUT2D eigenvalue weighted by atomic mass is 15.1. The van der Waals surface area contributed by atoms with Crippen LogP contribution in [-0.4, -0.2) is 32.3 Å². The van der Waals surface area contributed by atoms with Crippen molar-refractivity contribution in [3.63, 3.8) is 0 Å². The number of aromatic amines is 2. The van der Waals surface area contributed by atoms with Crippen LogP contribution in [0.5, 0.6) is 0 Å². The van der Waals surface area contributed by atoms with E-state index in [0.29, 0.717) is 0 Å². The maximum atomic E-state index is 5.16. The number of nitrogens with zero attached hydrogens (tertiary/aromatic N) is 6. The van der Waals surface area contributed by atoms with E-state index in [0.717, 1.165) is 77.0 Å². The molecule has 0 atom stereocenters. The molecule has 3 aliphatic rings. The Bertz CT molecular complexity index is 4830. The number of rotatable bonds is 4. The molecule has 18 rings (SSSR count). The standard InChI is InChI=1S/C36H24N4.C36H22N4/c2*1-5-13-27-23(9-1)24-10-2-6-14-28(24)32-31(27)37-35(38-32)21-17-19-22(20-18-21)36-39-33-29-15-7-3-11-25(29)26-12-4-8-16-30(26)34(33)40-36/h1-22,35-36H;1-20H,(H,37,38)(H,39,40). The molecule has 0 radical (unpaired) electrons. The average molecular weight is 1020 g/mol. The summed E-state index contributed by atoms with van der Waals surface area (Å²) in [7, 11) is 0. The zero-order valence-electron chi connectivity index (χ0n) is 43.1. The number of imidazole rings is 2. The molecule has 1 aliphatic carbocycles. The van der Waals surface area contributed by atoms with E-state index in [1.54, 1.807) is 0 Å². The van der Waals surface area contributed by atoms with Crippen molar-refractivity contribution in [2.75, 3.05) is 0 Å². The fourth-order valence-corrected chi connectivity index (χ4v) is 13.0. The second kappa shape index (κ2) is 17.5. The maximum absolute atomic E-state index is 5.16. The van der Waals surface area contributed by atoms with Crippen molar-refractivity contribution in [2.24, 2.45) is 31.8 Å². The molecule has 13 aromatic carbocycles. The van der Waals surface area contributed by atoms with Gasteiger partial charge in [-0.15, -0.1) is 0 Å². The van der Waals surface area contributed by atoms with Crippen molar-refractivity contribution >= 4 is 108 Å². The van der Waals surface area contributed by atoms with Gasteiger partial charge in [0.05, 0.1) is 43.5 Å². The molecule has 4 heterocycles. The summed E-state index contributed by atoms with van der Waals surface area (Å²) in [6.45, 7) is 0. The Kier molecular flexibility index (Phi) is 9.79. The van der Waals surface area contributed by atoms with Gasteiger partial charge in [0.15, 0.2) is 12.3 Å². The smallest absolute Gasteiger partial charge is 0.150 e. The van der Waals surface area contributed by atoms with E-state index in [1.807, 2.05) is 0 Å². The zero-order chi connectivity index (χ0) is 52.4. The van der Waals surface area contributed by atoms with Crippen LogP contribution < -0.4 is 21.4 Å². The minimum absolute atomic E-state index is 0.103. The van der Waals surface area contributed by atoms with Gasteiger partial charge < -0.3 is 9.97 Å². The summed E-state index contributed by atoms with van der Waals surface area (Å²) >= 11 is 0. The number of hydrogen-bond donors (Lipinski definition) is 2. The van der Waals surface area contributed by atoms with Gasteiger partial charge in [0.25, 0.3) is 0 Å². The van der Waals surface area contributed by atoms with Crippen molar-refractivity contribution in [1.29, 1.82) is 0 Å². The lowest BCUT2D eigenvalue weighted by atomic mass is 9.93. The van der Waals surface area contributed by atoms with Crippen molar-refractivity contribution in [3.05, 3.63) is 264 Å². The van der Waals surface area contributed by atoms with Gasteiger partial charge in [-0.1, -0.05) is 243 Å². The highest BCUT2D eigenvalue weighted by molar-refractivity contribution is 6.25. The number of nitrogens with one attached hydrogen (secondary N) is 2. The van der Waals surface area contributed by atoms with E-state index < -0.39 is 0 Å². The summed E-state index contributed by atoms with van der Waals surface area (Å²) in [5.74, 6) is 1.94. The van der Waals surface area contributed by atoms with Gasteiger partial charge in [-0.05, 0) is 43.1 Å². The first-order valence-electron chi connectivity index (χ1n) is 27.4. The van der Waals surface area contributed by atoms with Crippen LogP contribution in [0.3, 0.4) is 0 Å². The number of fused-ring (bicyclic) bond motifs is 24. The van der Waals surface area contributed by atoms with E-state index in [-0.39, 0.29) is 24.2 Å². The molecule has 15 aromatic rings. The maximum Gasteiger partial charge on any atom is 0.150 e. The summed E-state index contributed by atoms with van der Waals surface area (Å²) in [5.41, 5.74) is 6.24. The predicted octanol–water partition coefficient (Wildman–Crippen LogP) is 14.9. The Morgan fingerprint density at radius 2 is 0.463 bits per heavy atom. The highest BCUT2D eigenvalue weighted by Crippen LogP contribution is 2.38. The molecule has 0 unspecified atom stereocenters. The number of aromatic nitrogens is 4. The van der Waals surface area contributed by atoms with Gasteiger partial charge in [-0.25, -0.2) is 9.97 Å². The molecule has 0 saturated carbocycles. The van der Waals surface area contributed by atoms with Gasteiger partial charge in [0, 0.05) is 66.1 Å². The summed E-state index contributed by atoms with van der Waals surface area (Å²) < 4.78 is 0. The molecule has 80 heavy (non-hydrogen) atoms. The van der Waals surface area contributed by atoms with E-state index in [2.05, 4.69) is 253 Å².